The van der Waals surface area contributed by atoms with Crippen molar-refractivity contribution < 1.29 is 9.59 Å². The quantitative estimate of drug-likeness (QED) is 0.742. The zero-order chi connectivity index (χ0) is 20.2. The average molecular weight is 384 g/mol. The molecule has 1 unspecified atom stereocenters. The first-order chi connectivity index (χ1) is 14.1. The molecule has 4 heteroatoms. The lowest BCUT2D eigenvalue weighted by atomic mass is 9.92. The van der Waals surface area contributed by atoms with E-state index in [-0.39, 0.29) is 17.9 Å². The van der Waals surface area contributed by atoms with Crippen molar-refractivity contribution in [2.24, 2.45) is 0 Å². The molecule has 0 spiro atoms. The number of amides is 2. The Bertz CT molecular complexity index is 962. The van der Waals surface area contributed by atoms with Gasteiger partial charge in [-0.1, -0.05) is 84.9 Å². The van der Waals surface area contributed by atoms with Gasteiger partial charge in [-0.2, -0.15) is 0 Å². The smallest absolute Gasteiger partial charge is 0.243 e. The Balaban J connectivity index is 1.64. The molecule has 0 aromatic heterocycles. The lowest BCUT2D eigenvalue weighted by Gasteiger charge is -2.36. The number of carbonyl (C=O) groups excluding carboxylic acids is 2. The highest BCUT2D eigenvalue weighted by Gasteiger charge is 2.34. The Morgan fingerprint density at radius 1 is 0.828 bits per heavy atom. The molecule has 1 aliphatic heterocycles. The molecule has 0 saturated carbocycles. The van der Waals surface area contributed by atoms with Crippen molar-refractivity contribution in [2.45, 2.75) is 32.0 Å². The minimum atomic E-state index is -0.516. The third kappa shape index (κ3) is 4.06. The van der Waals surface area contributed by atoms with Crippen LogP contribution in [0.5, 0.6) is 0 Å². The number of nitrogens with zero attached hydrogens (tertiary/aromatic N) is 1. The summed E-state index contributed by atoms with van der Waals surface area (Å²) < 4.78 is 0. The number of rotatable bonds is 4. The number of fused-ring (bicyclic) bond motifs is 1. The van der Waals surface area contributed by atoms with E-state index in [2.05, 4.69) is 5.32 Å². The maximum atomic E-state index is 13.4. The minimum absolute atomic E-state index is 0.0874. The van der Waals surface area contributed by atoms with Crippen LogP contribution < -0.4 is 5.32 Å². The van der Waals surface area contributed by atoms with Gasteiger partial charge in [-0.25, -0.2) is 0 Å². The Morgan fingerprint density at radius 3 is 1.90 bits per heavy atom. The normalized spacial score (nSPS) is 15.7. The molecule has 0 radical (unpaired) electrons. The standard InChI is InChI=1S/C25H24N2O2/c1-18(28)27-17-22-15-9-8-14-21(22)16-23(27)25(29)26-24(19-10-4-2-5-11-19)20-12-6-3-7-13-20/h2-15,23-24H,16-17H2,1H3,(H,26,29). The third-order valence-electron chi connectivity index (χ3n) is 5.51. The van der Waals surface area contributed by atoms with E-state index in [9.17, 15) is 9.59 Å². The van der Waals surface area contributed by atoms with Gasteiger partial charge in [0, 0.05) is 19.9 Å². The van der Waals surface area contributed by atoms with Crippen molar-refractivity contribution in [2.75, 3.05) is 0 Å². The second kappa shape index (κ2) is 8.31. The first-order valence-electron chi connectivity index (χ1n) is 9.88. The first-order valence-corrected chi connectivity index (χ1v) is 9.88. The molecule has 0 saturated heterocycles. The predicted octanol–water partition coefficient (Wildman–Crippen LogP) is 3.87. The summed E-state index contributed by atoms with van der Waals surface area (Å²) in [5, 5.41) is 3.20. The van der Waals surface area contributed by atoms with Crippen molar-refractivity contribution in [3.63, 3.8) is 0 Å². The van der Waals surface area contributed by atoms with Gasteiger partial charge in [-0.05, 0) is 22.3 Å². The zero-order valence-corrected chi connectivity index (χ0v) is 16.4. The van der Waals surface area contributed by atoms with Gasteiger partial charge in [-0.3, -0.25) is 9.59 Å². The van der Waals surface area contributed by atoms with Crippen LogP contribution >= 0.6 is 0 Å². The Labute approximate surface area is 171 Å². The van der Waals surface area contributed by atoms with E-state index in [0.717, 1.165) is 22.3 Å². The van der Waals surface area contributed by atoms with E-state index in [1.54, 1.807) is 4.90 Å². The maximum Gasteiger partial charge on any atom is 0.243 e. The summed E-state index contributed by atoms with van der Waals surface area (Å²) in [4.78, 5) is 27.3. The monoisotopic (exact) mass is 384 g/mol. The van der Waals surface area contributed by atoms with Gasteiger partial charge < -0.3 is 10.2 Å². The highest BCUT2D eigenvalue weighted by molar-refractivity contribution is 5.88. The fourth-order valence-electron chi connectivity index (χ4n) is 3.98. The van der Waals surface area contributed by atoms with Crippen molar-refractivity contribution >= 4 is 11.8 Å². The summed E-state index contributed by atoms with van der Waals surface area (Å²) in [5.41, 5.74) is 4.26. The Hall–Kier alpha value is -3.40. The summed E-state index contributed by atoms with van der Waals surface area (Å²) in [5.74, 6) is -0.219. The highest BCUT2D eigenvalue weighted by Crippen LogP contribution is 2.26. The van der Waals surface area contributed by atoms with Crippen molar-refractivity contribution in [1.82, 2.24) is 10.2 Å². The van der Waals surface area contributed by atoms with E-state index in [1.165, 1.54) is 6.92 Å². The molecule has 1 heterocycles. The lowest BCUT2D eigenvalue weighted by molar-refractivity contribution is -0.140. The van der Waals surface area contributed by atoms with Gasteiger partial charge in [0.05, 0.1) is 6.04 Å². The number of carbonyl (C=O) groups is 2. The molecule has 1 atom stereocenters. The van der Waals surface area contributed by atoms with Gasteiger partial charge >= 0.3 is 0 Å². The molecule has 29 heavy (non-hydrogen) atoms. The molecule has 0 bridgehead atoms. The van der Waals surface area contributed by atoms with Crippen molar-refractivity contribution in [1.29, 1.82) is 0 Å². The van der Waals surface area contributed by atoms with E-state index in [1.807, 2.05) is 84.9 Å². The first kappa shape index (κ1) is 18.9. The van der Waals surface area contributed by atoms with E-state index in [4.69, 9.17) is 0 Å². The molecule has 2 amide bonds. The zero-order valence-electron chi connectivity index (χ0n) is 16.4. The van der Waals surface area contributed by atoms with Crippen LogP contribution in [-0.4, -0.2) is 22.8 Å². The third-order valence-corrected chi connectivity index (χ3v) is 5.51. The van der Waals surface area contributed by atoms with Crippen LogP contribution in [0.2, 0.25) is 0 Å². The molecule has 3 aromatic rings. The SMILES string of the molecule is CC(=O)N1Cc2ccccc2CC1C(=O)NC(c1ccccc1)c1ccccc1. The van der Waals surface area contributed by atoms with Crippen molar-refractivity contribution in [3.8, 4) is 0 Å². The van der Waals surface area contributed by atoms with E-state index < -0.39 is 6.04 Å². The lowest BCUT2D eigenvalue weighted by Crippen LogP contribution is -2.52. The molecule has 146 valence electrons. The van der Waals surface area contributed by atoms with Crippen LogP contribution in [0.3, 0.4) is 0 Å². The molecular weight excluding hydrogens is 360 g/mol. The maximum absolute atomic E-state index is 13.4. The topological polar surface area (TPSA) is 49.4 Å². The molecule has 4 nitrogen and oxygen atoms in total. The fourth-order valence-corrected chi connectivity index (χ4v) is 3.98. The van der Waals surface area contributed by atoms with Crippen LogP contribution in [0.25, 0.3) is 0 Å². The summed E-state index contributed by atoms with van der Waals surface area (Å²) >= 11 is 0. The second-order valence-electron chi connectivity index (χ2n) is 7.40. The molecule has 0 aliphatic carbocycles. The van der Waals surface area contributed by atoms with Crippen molar-refractivity contribution in [3.05, 3.63) is 107 Å². The number of benzene rings is 3. The van der Waals surface area contributed by atoms with Crippen LogP contribution in [0.4, 0.5) is 0 Å². The van der Waals surface area contributed by atoms with Crippen LogP contribution in [0.1, 0.15) is 35.2 Å². The summed E-state index contributed by atoms with van der Waals surface area (Å²) in [6.07, 6.45) is 0.526. The van der Waals surface area contributed by atoms with Gasteiger partial charge in [0.15, 0.2) is 0 Å². The number of hydrogen-bond acceptors (Lipinski definition) is 2. The molecule has 1 N–H and O–H groups in total. The number of hydrogen-bond donors (Lipinski definition) is 1. The summed E-state index contributed by atoms with van der Waals surface area (Å²) in [6.45, 7) is 1.99. The van der Waals surface area contributed by atoms with Gasteiger partial charge in [0.25, 0.3) is 0 Å². The summed E-state index contributed by atoms with van der Waals surface area (Å²) in [7, 11) is 0. The highest BCUT2D eigenvalue weighted by atomic mass is 16.2. The fraction of sp³-hybridized carbons (Fsp3) is 0.200. The van der Waals surface area contributed by atoms with E-state index in [0.29, 0.717) is 13.0 Å². The minimum Gasteiger partial charge on any atom is -0.343 e. The van der Waals surface area contributed by atoms with Crippen LogP contribution in [-0.2, 0) is 22.6 Å². The van der Waals surface area contributed by atoms with Gasteiger partial charge in [0.1, 0.15) is 6.04 Å². The van der Waals surface area contributed by atoms with Gasteiger partial charge in [0.2, 0.25) is 11.8 Å². The molecule has 3 aromatic carbocycles. The van der Waals surface area contributed by atoms with E-state index >= 15 is 0 Å². The van der Waals surface area contributed by atoms with Crippen LogP contribution in [0, 0.1) is 0 Å². The molecule has 1 aliphatic rings. The average Bonchev–Trinajstić information content (AvgIpc) is 2.77. The number of nitrogens with one attached hydrogen (secondary N) is 1. The largest absolute Gasteiger partial charge is 0.343 e. The molecule has 4 rings (SSSR count). The summed E-state index contributed by atoms with van der Waals surface area (Å²) in [6, 6.07) is 27.1. The second-order valence-corrected chi connectivity index (χ2v) is 7.40. The van der Waals surface area contributed by atoms with Crippen LogP contribution in [0.15, 0.2) is 84.9 Å². The Morgan fingerprint density at radius 2 is 1.34 bits per heavy atom. The Kier molecular flexibility index (Phi) is 5.43. The van der Waals surface area contributed by atoms with Gasteiger partial charge in [-0.15, -0.1) is 0 Å². The molecular formula is C25H24N2O2. The molecule has 0 fully saturated rings. The predicted molar refractivity (Wildman–Crippen MR) is 113 cm³/mol.